The summed E-state index contributed by atoms with van der Waals surface area (Å²) < 4.78 is 0. The second-order valence-electron chi connectivity index (χ2n) is 9.09. The maximum absolute atomic E-state index is 13.8. The maximum atomic E-state index is 13.8. The number of rotatable bonds is 9. The molecule has 1 saturated carbocycles. The lowest BCUT2D eigenvalue weighted by atomic mass is 9.97. The zero-order chi connectivity index (χ0) is 23.9. The first-order valence-electron chi connectivity index (χ1n) is 12.2. The summed E-state index contributed by atoms with van der Waals surface area (Å²) in [6.45, 7) is 4.37. The van der Waals surface area contributed by atoms with Crippen LogP contribution < -0.4 is 10.2 Å². The largest absolute Gasteiger partial charge is 0.351 e. The molecular formula is C28H33N3O2S. The fourth-order valence-electron chi connectivity index (χ4n) is 4.60. The number of anilines is 1. The molecule has 1 aliphatic rings. The highest BCUT2D eigenvalue weighted by molar-refractivity contribution is 7.10. The van der Waals surface area contributed by atoms with E-state index in [9.17, 15) is 9.59 Å². The number of hydrogen-bond donors (Lipinski definition) is 1. The van der Waals surface area contributed by atoms with Crippen molar-refractivity contribution in [3.63, 3.8) is 0 Å². The van der Waals surface area contributed by atoms with Crippen LogP contribution >= 0.6 is 11.3 Å². The third-order valence-electron chi connectivity index (χ3n) is 6.76. The van der Waals surface area contributed by atoms with E-state index in [0.717, 1.165) is 48.2 Å². The number of carbonyl (C=O) groups is 2. The van der Waals surface area contributed by atoms with Gasteiger partial charge in [0.15, 0.2) is 0 Å². The molecule has 0 aliphatic heterocycles. The number of nitrogens with one attached hydrogen (secondary N) is 1. The summed E-state index contributed by atoms with van der Waals surface area (Å²) in [4.78, 5) is 34.3. The Kier molecular flexibility index (Phi) is 8.12. The molecule has 2 amide bonds. The van der Waals surface area contributed by atoms with E-state index in [-0.39, 0.29) is 24.3 Å². The minimum Gasteiger partial charge on any atom is -0.351 e. The summed E-state index contributed by atoms with van der Waals surface area (Å²) >= 11 is 1.56. The van der Waals surface area contributed by atoms with Crippen LogP contribution in [0.2, 0.25) is 0 Å². The van der Waals surface area contributed by atoms with E-state index in [1.165, 1.54) is 5.56 Å². The van der Waals surface area contributed by atoms with E-state index in [4.69, 9.17) is 0 Å². The van der Waals surface area contributed by atoms with E-state index in [2.05, 4.69) is 36.3 Å². The van der Waals surface area contributed by atoms with Gasteiger partial charge >= 0.3 is 0 Å². The van der Waals surface area contributed by atoms with E-state index in [1.807, 2.05) is 41.8 Å². The maximum Gasteiger partial charge on any atom is 0.248 e. The average molecular weight is 476 g/mol. The van der Waals surface area contributed by atoms with E-state index >= 15 is 0 Å². The van der Waals surface area contributed by atoms with Crippen LogP contribution in [0.15, 0.2) is 66.3 Å². The number of benzene rings is 1. The smallest absolute Gasteiger partial charge is 0.248 e. The Morgan fingerprint density at radius 1 is 1.06 bits per heavy atom. The molecule has 0 bridgehead atoms. The summed E-state index contributed by atoms with van der Waals surface area (Å²) in [7, 11) is 0. The van der Waals surface area contributed by atoms with Crippen molar-refractivity contribution in [2.75, 3.05) is 4.90 Å². The van der Waals surface area contributed by atoms with E-state index in [1.54, 1.807) is 28.6 Å². The normalized spacial score (nSPS) is 15.6. The Balaban J connectivity index is 1.73. The van der Waals surface area contributed by atoms with E-state index in [0.29, 0.717) is 5.92 Å². The van der Waals surface area contributed by atoms with Crippen molar-refractivity contribution in [2.45, 2.75) is 70.4 Å². The molecule has 1 fully saturated rings. The van der Waals surface area contributed by atoms with Gasteiger partial charge in [-0.25, -0.2) is 0 Å². The SMILES string of the molecule is CC[C@H](C)c1ccc(N(C(=O)Cc2cccs2)[C@@H](C(=O)NC2CCCC2)c2ccncc2)cc1. The van der Waals surface area contributed by atoms with Crippen molar-refractivity contribution in [3.05, 3.63) is 82.3 Å². The molecule has 0 unspecified atom stereocenters. The lowest BCUT2D eigenvalue weighted by Crippen LogP contribution is -2.46. The van der Waals surface area contributed by atoms with Crippen molar-refractivity contribution in [1.29, 1.82) is 0 Å². The Labute approximate surface area is 206 Å². The molecule has 2 atom stereocenters. The molecule has 6 heteroatoms. The van der Waals surface area contributed by atoms with Crippen LogP contribution in [0.3, 0.4) is 0 Å². The van der Waals surface area contributed by atoms with Crippen molar-refractivity contribution in [3.8, 4) is 0 Å². The zero-order valence-corrected chi connectivity index (χ0v) is 20.8. The van der Waals surface area contributed by atoms with Gasteiger partial charge in [0.2, 0.25) is 11.8 Å². The minimum atomic E-state index is -0.759. The second-order valence-corrected chi connectivity index (χ2v) is 10.1. The molecule has 3 aromatic rings. The molecule has 2 aromatic heterocycles. The predicted molar refractivity (Wildman–Crippen MR) is 138 cm³/mol. The first-order chi connectivity index (χ1) is 16.6. The highest BCUT2D eigenvalue weighted by Gasteiger charge is 2.34. The predicted octanol–water partition coefficient (Wildman–Crippen LogP) is 6.03. The molecule has 2 heterocycles. The van der Waals surface area contributed by atoms with Gasteiger partial charge in [0.05, 0.1) is 6.42 Å². The fraction of sp³-hybridized carbons (Fsp3) is 0.393. The molecule has 34 heavy (non-hydrogen) atoms. The van der Waals surface area contributed by atoms with Crippen molar-refractivity contribution >= 4 is 28.8 Å². The summed E-state index contributed by atoms with van der Waals surface area (Å²) in [5.41, 5.74) is 2.72. The standard InChI is InChI=1S/C28H33N3O2S/c1-3-20(2)21-10-12-24(13-11-21)31(26(32)19-25-9-6-18-34-25)27(22-14-16-29-17-15-22)28(33)30-23-7-4-5-8-23/h6,9-18,20,23,27H,3-5,7-8,19H2,1-2H3,(H,30,33)/t20-,27+/m0/s1. The zero-order valence-electron chi connectivity index (χ0n) is 19.9. The monoisotopic (exact) mass is 475 g/mol. The molecule has 0 spiro atoms. The van der Waals surface area contributed by atoms with E-state index < -0.39 is 6.04 Å². The van der Waals surface area contributed by atoms with Crippen LogP contribution in [0.5, 0.6) is 0 Å². The van der Waals surface area contributed by atoms with Crippen molar-refractivity contribution in [1.82, 2.24) is 10.3 Å². The Morgan fingerprint density at radius 3 is 2.38 bits per heavy atom. The summed E-state index contributed by atoms with van der Waals surface area (Å²) in [5, 5.41) is 5.20. The van der Waals surface area contributed by atoms with Gasteiger partial charge in [0.1, 0.15) is 6.04 Å². The molecule has 0 saturated heterocycles. The van der Waals surface area contributed by atoms with Gasteiger partial charge in [0.25, 0.3) is 0 Å². The van der Waals surface area contributed by atoms with Gasteiger partial charge in [-0.05, 0) is 72.0 Å². The highest BCUT2D eigenvalue weighted by atomic mass is 32.1. The number of aromatic nitrogens is 1. The summed E-state index contributed by atoms with van der Waals surface area (Å²) in [6, 6.07) is 15.1. The molecule has 1 aromatic carbocycles. The molecule has 1 N–H and O–H groups in total. The van der Waals surface area contributed by atoms with Gasteiger partial charge in [-0.15, -0.1) is 11.3 Å². The van der Waals surface area contributed by atoms with Crippen LogP contribution in [-0.2, 0) is 16.0 Å². The average Bonchev–Trinajstić information content (AvgIpc) is 3.57. The van der Waals surface area contributed by atoms with Gasteiger partial charge in [-0.1, -0.05) is 44.9 Å². The Bertz CT molecular complexity index is 1060. The van der Waals surface area contributed by atoms with Crippen LogP contribution in [0.1, 0.15) is 73.9 Å². The first-order valence-corrected chi connectivity index (χ1v) is 13.1. The molecule has 0 radical (unpaired) electrons. The van der Waals surface area contributed by atoms with Gasteiger partial charge < -0.3 is 5.32 Å². The van der Waals surface area contributed by atoms with Crippen molar-refractivity contribution < 1.29 is 9.59 Å². The van der Waals surface area contributed by atoms with Crippen molar-refractivity contribution in [2.24, 2.45) is 0 Å². The second kappa shape index (κ2) is 11.4. The fourth-order valence-corrected chi connectivity index (χ4v) is 5.29. The van der Waals surface area contributed by atoms with Crippen LogP contribution in [-0.4, -0.2) is 22.8 Å². The number of carbonyl (C=O) groups excluding carboxylic acids is 2. The minimum absolute atomic E-state index is 0.0953. The molecule has 4 rings (SSSR count). The first kappa shape index (κ1) is 24.1. The topological polar surface area (TPSA) is 62.3 Å². The third-order valence-corrected chi connectivity index (χ3v) is 7.63. The summed E-state index contributed by atoms with van der Waals surface area (Å²) in [5.74, 6) is 0.205. The number of thiophene rings is 1. The van der Waals surface area contributed by atoms with Gasteiger partial charge in [-0.3, -0.25) is 19.5 Å². The molecular weight excluding hydrogens is 442 g/mol. The van der Waals surface area contributed by atoms with Gasteiger partial charge in [0, 0.05) is 29.0 Å². The molecule has 178 valence electrons. The lowest BCUT2D eigenvalue weighted by molar-refractivity contribution is -0.127. The quantitative estimate of drug-likeness (QED) is 0.411. The Hall–Kier alpha value is -2.99. The number of amides is 2. The number of nitrogens with zero attached hydrogens (tertiary/aromatic N) is 2. The van der Waals surface area contributed by atoms with Crippen LogP contribution in [0, 0.1) is 0 Å². The summed E-state index contributed by atoms with van der Waals surface area (Å²) in [6.07, 6.45) is 8.89. The number of pyridine rings is 1. The highest BCUT2D eigenvalue weighted by Crippen LogP contribution is 2.31. The number of hydrogen-bond acceptors (Lipinski definition) is 4. The molecule has 5 nitrogen and oxygen atoms in total. The van der Waals surface area contributed by atoms with Gasteiger partial charge in [-0.2, -0.15) is 0 Å². The Morgan fingerprint density at radius 2 is 1.76 bits per heavy atom. The third kappa shape index (κ3) is 5.73. The lowest BCUT2D eigenvalue weighted by Gasteiger charge is -2.32. The van der Waals surface area contributed by atoms with Crippen LogP contribution in [0.4, 0.5) is 5.69 Å². The van der Waals surface area contributed by atoms with Crippen LogP contribution in [0.25, 0.3) is 0 Å². The molecule has 1 aliphatic carbocycles.